The third-order valence-electron chi connectivity index (χ3n) is 8.72. The van der Waals surface area contributed by atoms with Crippen LogP contribution in [-0.2, 0) is 19.1 Å². The minimum atomic E-state index is -0.808. The summed E-state index contributed by atoms with van der Waals surface area (Å²) in [6, 6.07) is 4.57. The second-order valence-electron chi connectivity index (χ2n) is 10.8. The number of aliphatic hydroxyl groups excluding tert-OH is 1. The molecule has 1 N–H and O–H groups in total. The van der Waals surface area contributed by atoms with Crippen LogP contribution in [0.3, 0.4) is 0 Å². The molecule has 4 rings (SSSR count). The van der Waals surface area contributed by atoms with Crippen molar-refractivity contribution >= 4 is 35.2 Å². The van der Waals surface area contributed by atoms with E-state index in [9.17, 15) is 19.5 Å². The van der Waals surface area contributed by atoms with Gasteiger partial charge in [-0.3, -0.25) is 14.4 Å². The number of likely N-dealkylation sites (tertiary alicyclic amines) is 1. The molecular weight excluding hydrogens is 500 g/mol. The number of hydrogen-bond acceptors (Lipinski definition) is 6. The molecule has 206 valence electrons. The zero-order chi connectivity index (χ0) is 27.8. The lowest BCUT2D eigenvalue weighted by molar-refractivity contribution is -0.153. The van der Waals surface area contributed by atoms with E-state index in [1.807, 2.05) is 45.9 Å². The average molecular weight is 541 g/mol. The minimum absolute atomic E-state index is 0.0316. The highest BCUT2D eigenvalue weighted by atomic mass is 32.2. The van der Waals surface area contributed by atoms with Crippen LogP contribution in [0.5, 0.6) is 0 Å². The fourth-order valence-corrected chi connectivity index (χ4v) is 9.03. The van der Waals surface area contributed by atoms with Crippen LogP contribution in [0.4, 0.5) is 5.69 Å². The standard InChI is InChI=1S/C30H40N2O5S/c1-7-15-31(25-19(5)11-10-12-20(25)6)28(35)26-30-14-13-22(38-30)23(29(36)37-16-8-2)24(30)27(34)32(26)21(17-33)18(4)9-3/h7-8,10-12,18,21-24,26,33H,1-2,9,13-17H2,3-6H3/t18-,21-,22+,23-,24-,26?,30?/m0/s1. The molecule has 1 aromatic carbocycles. The van der Waals surface area contributed by atoms with Gasteiger partial charge in [0.25, 0.3) is 5.91 Å². The second-order valence-corrected chi connectivity index (χ2v) is 12.4. The van der Waals surface area contributed by atoms with Crippen molar-refractivity contribution in [2.45, 2.75) is 69.0 Å². The average Bonchev–Trinajstić information content (AvgIpc) is 3.54. The third kappa shape index (κ3) is 4.39. The lowest BCUT2D eigenvalue weighted by atomic mass is 9.71. The van der Waals surface area contributed by atoms with Crippen LogP contribution in [0.1, 0.15) is 44.2 Å². The minimum Gasteiger partial charge on any atom is -0.461 e. The van der Waals surface area contributed by atoms with E-state index in [1.165, 1.54) is 6.08 Å². The summed E-state index contributed by atoms with van der Waals surface area (Å²) in [5, 5.41) is 10.4. The number of para-hydroxylation sites is 1. The van der Waals surface area contributed by atoms with Gasteiger partial charge in [0.15, 0.2) is 0 Å². The predicted octanol–water partition coefficient (Wildman–Crippen LogP) is 4.05. The first-order valence-electron chi connectivity index (χ1n) is 13.5. The summed E-state index contributed by atoms with van der Waals surface area (Å²) in [5.74, 6) is -2.13. The molecule has 7 nitrogen and oxygen atoms in total. The van der Waals surface area contributed by atoms with Crippen molar-refractivity contribution in [3.8, 4) is 0 Å². The summed E-state index contributed by atoms with van der Waals surface area (Å²) in [6.45, 7) is 15.6. The largest absolute Gasteiger partial charge is 0.461 e. The molecule has 7 atom stereocenters. The Morgan fingerprint density at radius 2 is 1.97 bits per heavy atom. The van der Waals surface area contributed by atoms with Crippen molar-refractivity contribution in [3.63, 3.8) is 0 Å². The highest BCUT2D eigenvalue weighted by Crippen LogP contribution is 2.67. The van der Waals surface area contributed by atoms with Crippen LogP contribution in [0.15, 0.2) is 43.5 Å². The van der Waals surface area contributed by atoms with Gasteiger partial charge in [0.05, 0.1) is 29.2 Å². The number of aliphatic hydroxyl groups is 1. The number of ether oxygens (including phenoxy) is 1. The zero-order valence-electron chi connectivity index (χ0n) is 22.9. The van der Waals surface area contributed by atoms with Gasteiger partial charge in [-0.1, -0.05) is 57.2 Å². The molecule has 38 heavy (non-hydrogen) atoms. The topological polar surface area (TPSA) is 87.1 Å². The van der Waals surface area contributed by atoms with E-state index in [-0.39, 0.29) is 42.7 Å². The molecule has 0 aromatic heterocycles. The lowest BCUT2D eigenvalue weighted by Gasteiger charge is -2.41. The maximum absolute atomic E-state index is 14.8. The summed E-state index contributed by atoms with van der Waals surface area (Å²) in [5.41, 5.74) is 2.73. The molecule has 2 amide bonds. The van der Waals surface area contributed by atoms with Crippen LogP contribution in [0.25, 0.3) is 0 Å². The van der Waals surface area contributed by atoms with E-state index in [0.29, 0.717) is 6.42 Å². The predicted molar refractivity (Wildman–Crippen MR) is 151 cm³/mol. The van der Waals surface area contributed by atoms with Gasteiger partial charge >= 0.3 is 5.97 Å². The van der Waals surface area contributed by atoms with E-state index in [0.717, 1.165) is 29.7 Å². The van der Waals surface area contributed by atoms with Crippen molar-refractivity contribution in [1.29, 1.82) is 0 Å². The van der Waals surface area contributed by atoms with E-state index in [1.54, 1.807) is 27.6 Å². The van der Waals surface area contributed by atoms with E-state index >= 15 is 0 Å². The van der Waals surface area contributed by atoms with Crippen molar-refractivity contribution in [3.05, 3.63) is 54.6 Å². The number of anilines is 1. The van der Waals surface area contributed by atoms with Gasteiger partial charge in [0, 0.05) is 17.5 Å². The molecule has 8 heteroatoms. The SMILES string of the molecule is C=CCOC(=O)[C@@H]1[C@H]2C(=O)N([C@@H](CO)[C@@H](C)CC)C(C(=O)N(CC=C)c3c(C)cccc3C)C23CC[C@H]1S3. The van der Waals surface area contributed by atoms with Crippen molar-refractivity contribution in [2.24, 2.45) is 17.8 Å². The van der Waals surface area contributed by atoms with Gasteiger partial charge in [0.2, 0.25) is 5.91 Å². The number of aryl methyl sites for hydroxylation is 2. The summed E-state index contributed by atoms with van der Waals surface area (Å²) in [6.07, 6.45) is 5.35. The number of thioether (sulfide) groups is 1. The molecule has 0 saturated carbocycles. The summed E-state index contributed by atoms with van der Waals surface area (Å²) in [7, 11) is 0. The van der Waals surface area contributed by atoms with Gasteiger partial charge in [-0.2, -0.15) is 0 Å². The molecule has 3 aliphatic heterocycles. The Hall–Kier alpha value is -2.58. The van der Waals surface area contributed by atoms with Crippen LogP contribution in [-0.4, -0.2) is 69.6 Å². The zero-order valence-corrected chi connectivity index (χ0v) is 23.7. The van der Waals surface area contributed by atoms with Gasteiger partial charge in [0.1, 0.15) is 12.6 Å². The monoisotopic (exact) mass is 540 g/mol. The highest BCUT2D eigenvalue weighted by Gasteiger charge is 2.75. The summed E-state index contributed by atoms with van der Waals surface area (Å²) in [4.78, 5) is 45.7. The van der Waals surface area contributed by atoms with E-state index in [2.05, 4.69) is 13.2 Å². The van der Waals surface area contributed by atoms with Crippen LogP contribution >= 0.6 is 11.8 Å². The molecule has 0 radical (unpaired) electrons. The van der Waals surface area contributed by atoms with Crippen LogP contribution in [0, 0.1) is 31.6 Å². The lowest BCUT2D eigenvalue weighted by Crippen LogP contribution is -2.59. The molecule has 1 spiro atoms. The number of carbonyl (C=O) groups is 3. The van der Waals surface area contributed by atoms with Crippen molar-refractivity contribution in [1.82, 2.24) is 4.90 Å². The fraction of sp³-hybridized carbons (Fsp3) is 0.567. The van der Waals surface area contributed by atoms with E-state index < -0.39 is 34.6 Å². The number of hydrogen-bond donors (Lipinski definition) is 1. The fourth-order valence-electron chi connectivity index (χ4n) is 6.85. The third-order valence-corrected chi connectivity index (χ3v) is 10.7. The summed E-state index contributed by atoms with van der Waals surface area (Å²) < 4.78 is 4.70. The molecule has 3 fully saturated rings. The smallest absolute Gasteiger partial charge is 0.311 e. The quantitative estimate of drug-likeness (QED) is 0.337. The molecule has 3 saturated heterocycles. The van der Waals surface area contributed by atoms with Crippen LogP contribution < -0.4 is 4.90 Å². The Morgan fingerprint density at radius 3 is 2.55 bits per heavy atom. The molecular formula is C30H40N2O5S. The number of fused-ring (bicyclic) bond motifs is 1. The number of carbonyl (C=O) groups excluding carboxylic acids is 3. The van der Waals surface area contributed by atoms with Gasteiger partial charge in [-0.15, -0.1) is 18.3 Å². The molecule has 0 aliphatic carbocycles. The Morgan fingerprint density at radius 1 is 1.29 bits per heavy atom. The molecule has 3 aliphatic rings. The normalized spacial score (nSPS) is 29.1. The van der Waals surface area contributed by atoms with Gasteiger partial charge in [-0.25, -0.2) is 0 Å². The Bertz CT molecular complexity index is 1100. The Balaban J connectivity index is 1.86. The first-order valence-corrected chi connectivity index (χ1v) is 14.4. The Labute approximate surface area is 230 Å². The molecule has 1 aromatic rings. The number of rotatable bonds is 11. The second kappa shape index (κ2) is 11.3. The van der Waals surface area contributed by atoms with Crippen LogP contribution in [0.2, 0.25) is 0 Å². The van der Waals surface area contributed by atoms with E-state index in [4.69, 9.17) is 4.74 Å². The number of nitrogens with zero attached hydrogens (tertiary/aromatic N) is 2. The number of amides is 2. The molecule has 2 bridgehead atoms. The van der Waals surface area contributed by atoms with Crippen molar-refractivity contribution in [2.75, 3.05) is 24.7 Å². The maximum Gasteiger partial charge on any atom is 0.311 e. The van der Waals surface area contributed by atoms with Gasteiger partial charge < -0.3 is 19.6 Å². The first kappa shape index (κ1) is 28.4. The maximum atomic E-state index is 14.8. The Kier molecular flexibility index (Phi) is 8.43. The van der Waals surface area contributed by atoms with Crippen molar-refractivity contribution < 1.29 is 24.2 Å². The highest BCUT2D eigenvalue weighted by molar-refractivity contribution is 8.02. The first-order chi connectivity index (χ1) is 18.2. The number of esters is 1. The number of benzene rings is 1. The molecule has 3 heterocycles. The summed E-state index contributed by atoms with van der Waals surface area (Å²) >= 11 is 1.61. The van der Waals surface area contributed by atoms with Gasteiger partial charge in [-0.05, 0) is 43.7 Å². The molecule has 2 unspecified atom stereocenters.